The van der Waals surface area contributed by atoms with Crippen molar-refractivity contribution in [1.82, 2.24) is 0 Å². The lowest BCUT2D eigenvalue weighted by atomic mass is 10.1. The quantitative estimate of drug-likeness (QED) is 0.613. The van der Waals surface area contributed by atoms with Gasteiger partial charge in [0, 0.05) is 10.9 Å². The van der Waals surface area contributed by atoms with Gasteiger partial charge in [-0.25, -0.2) is 0 Å². The maximum Gasteiger partial charge on any atom is 0.0950 e. The summed E-state index contributed by atoms with van der Waals surface area (Å²) in [5.74, 6) is 0.201. The molecule has 3 N–H and O–H groups in total. The Balaban J connectivity index is 0.00000121. The van der Waals surface area contributed by atoms with Gasteiger partial charge in [0.2, 0.25) is 0 Å². The van der Waals surface area contributed by atoms with E-state index in [-0.39, 0.29) is 18.2 Å². The molecule has 0 atom stereocenters. The van der Waals surface area contributed by atoms with Crippen molar-refractivity contribution < 1.29 is 0 Å². The van der Waals surface area contributed by atoms with Crippen molar-refractivity contribution in [2.24, 2.45) is 5.73 Å². The molecule has 0 bridgehead atoms. The van der Waals surface area contributed by atoms with Crippen molar-refractivity contribution in [1.29, 1.82) is 5.41 Å². The highest BCUT2D eigenvalue weighted by Gasteiger charge is 1.93. The van der Waals surface area contributed by atoms with E-state index in [1.165, 1.54) is 0 Å². The monoisotopic (exact) mass is 248 g/mol. The Labute approximate surface area is 86.2 Å². The van der Waals surface area contributed by atoms with Gasteiger partial charge in [-0.3, -0.25) is 5.41 Å². The zero-order chi connectivity index (χ0) is 8.27. The highest BCUT2D eigenvalue weighted by Crippen LogP contribution is 2.10. The third kappa shape index (κ3) is 3.74. The van der Waals surface area contributed by atoms with Crippen LogP contribution in [0, 0.1) is 5.41 Å². The number of halogens is 2. The fourth-order valence-corrected chi connectivity index (χ4v) is 1.09. The molecule has 0 radical (unpaired) electrons. The highest BCUT2D eigenvalue weighted by molar-refractivity contribution is 9.10. The first-order chi connectivity index (χ1) is 5.18. The summed E-state index contributed by atoms with van der Waals surface area (Å²) in [7, 11) is 0. The fourth-order valence-electron chi connectivity index (χ4n) is 0.822. The minimum Gasteiger partial charge on any atom is -0.387 e. The molecule has 12 heavy (non-hydrogen) atoms. The minimum atomic E-state index is 0. The fraction of sp³-hybridized carbons (Fsp3) is 0.125. The van der Waals surface area contributed by atoms with E-state index in [1.807, 2.05) is 24.3 Å². The molecule has 0 aliphatic rings. The van der Waals surface area contributed by atoms with Crippen molar-refractivity contribution in [2.75, 3.05) is 0 Å². The van der Waals surface area contributed by atoms with E-state index >= 15 is 0 Å². The SMILES string of the molecule is Cl.N=C(N)Cc1ccc(Br)cc1. The maximum absolute atomic E-state index is 7.05. The van der Waals surface area contributed by atoms with Gasteiger partial charge in [0.15, 0.2) is 0 Å². The molecule has 1 rings (SSSR count). The first kappa shape index (κ1) is 11.5. The molecule has 66 valence electrons. The molecule has 0 spiro atoms. The Morgan fingerprint density at radius 1 is 1.33 bits per heavy atom. The first-order valence-corrected chi connectivity index (χ1v) is 4.05. The highest BCUT2D eigenvalue weighted by atomic mass is 79.9. The largest absolute Gasteiger partial charge is 0.387 e. The lowest BCUT2D eigenvalue weighted by molar-refractivity contribution is 1.24. The van der Waals surface area contributed by atoms with Crippen LogP contribution in [-0.4, -0.2) is 5.84 Å². The summed E-state index contributed by atoms with van der Waals surface area (Å²) in [6.07, 6.45) is 0.535. The Kier molecular flexibility index (Phi) is 4.93. The molecule has 2 nitrogen and oxygen atoms in total. The zero-order valence-corrected chi connectivity index (χ0v) is 8.78. The molecular formula is C8H10BrClN2. The van der Waals surface area contributed by atoms with Gasteiger partial charge in [-0.1, -0.05) is 28.1 Å². The average Bonchev–Trinajstić information content (AvgIpc) is 1.93. The van der Waals surface area contributed by atoms with Crippen LogP contribution in [0.4, 0.5) is 0 Å². The Morgan fingerprint density at radius 2 is 1.83 bits per heavy atom. The second kappa shape index (κ2) is 5.17. The van der Waals surface area contributed by atoms with E-state index in [1.54, 1.807) is 0 Å². The van der Waals surface area contributed by atoms with Crippen molar-refractivity contribution in [2.45, 2.75) is 6.42 Å². The number of hydrogen-bond acceptors (Lipinski definition) is 1. The Hall–Kier alpha value is -0.540. The average molecular weight is 250 g/mol. The van der Waals surface area contributed by atoms with Gasteiger partial charge < -0.3 is 5.73 Å². The van der Waals surface area contributed by atoms with Gasteiger partial charge in [0.25, 0.3) is 0 Å². The minimum absolute atomic E-state index is 0. The molecule has 0 saturated heterocycles. The van der Waals surface area contributed by atoms with Gasteiger partial charge >= 0.3 is 0 Å². The molecule has 0 heterocycles. The molecule has 4 heteroatoms. The predicted octanol–water partition coefficient (Wildman–Crippen LogP) is 2.35. The van der Waals surface area contributed by atoms with E-state index in [2.05, 4.69) is 15.9 Å². The Morgan fingerprint density at radius 3 is 2.25 bits per heavy atom. The van der Waals surface area contributed by atoms with Crippen LogP contribution in [0.1, 0.15) is 5.56 Å². The number of benzene rings is 1. The number of nitrogens with two attached hydrogens (primary N) is 1. The first-order valence-electron chi connectivity index (χ1n) is 3.26. The van der Waals surface area contributed by atoms with E-state index < -0.39 is 0 Å². The summed E-state index contributed by atoms with van der Waals surface area (Å²) in [6, 6.07) is 7.79. The molecule has 1 aromatic rings. The maximum atomic E-state index is 7.05. The van der Waals surface area contributed by atoms with Crippen LogP contribution in [0.5, 0.6) is 0 Å². The lowest BCUT2D eigenvalue weighted by Crippen LogP contribution is -2.12. The van der Waals surface area contributed by atoms with E-state index in [0.717, 1.165) is 10.0 Å². The number of hydrogen-bond donors (Lipinski definition) is 2. The molecule has 0 aromatic heterocycles. The third-order valence-corrected chi connectivity index (χ3v) is 1.84. The predicted molar refractivity (Wildman–Crippen MR) is 57.0 cm³/mol. The second-order valence-corrected chi connectivity index (χ2v) is 3.24. The molecule has 0 aliphatic heterocycles. The van der Waals surface area contributed by atoms with Gasteiger partial charge in [-0.2, -0.15) is 0 Å². The van der Waals surface area contributed by atoms with E-state index in [9.17, 15) is 0 Å². The summed E-state index contributed by atoms with van der Waals surface area (Å²) in [6.45, 7) is 0. The summed E-state index contributed by atoms with van der Waals surface area (Å²) >= 11 is 3.33. The molecule has 0 fully saturated rings. The van der Waals surface area contributed by atoms with Crippen LogP contribution in [0.3, 0.4) is 0 Å². The standard InChI is InChI=1S/C8H9BrN2.ClH/c9-7-3-1-6(2-4-7)5-8(10)11;/h1-4H,5H2,(H3,10,11);1H. The van der Waals surface area contributed by atoms with Crippen molar-refractivity contribution in [3.63, 3.8) is 0 Å². The van der Waals surface area contributed by atoms with Crippen LogP contribution >= 0.6 is 28.3 Å². The van der Waals surface area contributed by atoms with Crippen LogP contribution in [0.2, 0.25) is 0 Å². The zero-order valence-electron chi connectivity index (χ0n) is 6.38. The molecule has 0 amide bonds. The topological polar surface area (TPSA) is 49.9 Å². The van der Waals surface area contributed by atoms with Crippen LogP contribution < -0.4 is 5.73 Å². The smallest absolute Gasteiger partial charge is 0.0950 e. The normalized spacial score (nSPS) is 8.75. The van der Waals surface area contributed by atoms with Crippen molar-refractivity contribution in [3.05, 3.63) is 34.3 Å². The van der Waals surface area contributed by atoms with E-state index in [4.69, 9.17) is 11.1 Å². The van der Waals surface area contributed by atoms with Gasteiger partial charge in [-0.05, 0) is 17.7 Å². The van der Waals surface area contributed by atoms with Crippen LogP contribution in [-0.2, 0) is 6.42 Å². The summed E-state index contributed by atoms with van der Waals surface area (Å²) in [4.78, 5) is 0. The molecule has 1 aromatic carbocycles. The number of rotatable bonds is 2. The second-order valence-electron chi connectivity index (χ2n) is 2.33. The number of amidine groups is 1. The van der Waals surface area contributed by atoms with Gasteiger partial charge in [0.05, 0.1) is 5.84 Å². The molecule has 0 aliphatic carbocycles. The molecule has 0 unspecified atom stereocenters. The van der Waals surface area contributed by atoms with Crippen molar-refractivity contribution in [3.8, 4) is 0 Å². The van der Waals surface area contributed by atoms with Crippen LogP contribution in [0.25, 0.3) is 0 Å². The lowest BCUT2D eigenvalue weighted by Gasteiger charge is -1.97. The van der Waals surface area contributed by atoms with Gasteiger partial charge in [0.1, 0.15) is 0 Å². The number of nitrogens with one attached hydrogen (secondary N) is 1. The third-order valence-electron chi connectivity index (χ3n) is 1.31. The van der Waals surface area contributed by atoms with Gasteiger partial charge in [-0.15, -0.1) is 12.4 Å². The van der Waals surface area contributed by atoms with E-state index in [0.29, 0.717) is 6.42 Å². The molecular weight excluding hydrogens is 239 g/mol. The van der Waals surface area contributed by atoms with Crippen molar-refractivity contribution >= 4 is 34.2 Å². The molecule has 0 saturated carbocycles. The Bertz CT molecular complexity index is 258. The summed E-state index contributed by atoms with van der Waals surface area (Å²) in [5.41, 5.74) is 6.30. The summed E-state index contributed by atoms with van der Waals surface area (Å²) in [5, 5.41) is 7.05. The summed E-state index contributed by atoms with van der Waals surface area (Å²) < 4.78 is 1.05. The van der Waals surface area contributed by atoms with Crippen LogP contribution in [0.15, 0.2) is 28.7 Å².